The molecule has 0 amide bonds. The second-order valence-corrected chi connectivity index (χ2v) is 6.79. The number of rotatable bonds is 4. The zero-order valence-electron chi connectivity index (χ0n) is 10.5. The van der Waals surface area contributed by atoms with Gasteiger partial charge in [-0.15, -0.1) is 11.3 Å². The van der Waals surface area contributed by atoms with Gasteiger partial charge in [0.2, 0.25) is 10.0 Å². The molecule has 0 aliphatic rings. The molecule has 1 aromatic carbocycles. The van der Waals surface area contributed by atoms with E-state index >= 15 is 0 Å². The summed E-state index contributed by atoms with van der Waals surface area (Å²) < 4.78 is 30.5. The van der Waals surface area contributed by atoms with Crippen molar-refractivity contribution in [2.24, 2.45) is 0 Å². The summed E-state index contributed by atoms with van der Waals surface area (Å²) in [5, 5.41) is 0.807. The smallest absolute Gasteiger partial charge is 0.348 e. The van der Waals surface area contributed by atoms with E-state index in [1.165, 1.54) is 11.3 Å². The average molecular weight is 299 g/mol. The minimum absolute atomic E-state index is 0.327. The van der Waals surface area contributed by atoms with E-state index in [4.69, 9.17) is 4.74 Å². The first-order valence-electron chi connectivity index (χ1n) is 5.57. The number of benzene rings is 1. The van der Waals surface area contributed by atoms with Crippen LogP contribution in [0.2, 0.25) is 0 Å². The molecule has 0 radical (unpaired) electrons. The molecule has 0 fully saturated rings. The molecule has 0 spiro atoms. The number of sulfonamides is 1. The van der Waals surface area contributed by atoms with Crippen molar-refractivity contribution in [1.29, 1.82) is 0 Å². The molecule has 2 rings (SSSR count). The van der Waals surface area contributed by atoms with E-state index in [1.807, 2.05) is 0 Å². The second-order valence-electron chi connectivity index (χ2n) is 3.96. The summed E-state index contributed by atoms with van der Waals surface area (Å²) in [7, 11) is -3.30. The first-order valence-corrected chi connectivity index (χ1v) is 8.28. The Morgan fingerprint density at radius 2 is 2.11 bits per heavy atom. The lowest BCUT2D eigenvalue weighted by molar-refractivity contribution is 0.0532. The molecule has 0 aliphatic carbocycles. The monoisotopic (exact) mass is 299 g/mol. The average Bonchev–Trinajstić information content (AvgIpc) is 2.70. The third-order valence-corrected chi connectivity index (χ3v) is 4.00. The van der Waals surface area contributed by atoms with Gasteiger partial charge in [-0.3, -0.25) is 4.72 Å². The highest BCUT2D eigenvalue weighted by molar-refractivity contribution is 7.92. The quantitative estimate of drug-likeness (QED) is 0.880. The molecule has 0 bridgehead atoms. The van der Waals surface area contributed by atoms with Crippen molar-refractivity contribution in [3.63, 3.8) is 0 Å². The largest absolute Gasteiger partial charge is 0.462 e. The van der Waals surface area contributed by atoms with Crippen molar-refractivity contribution in [1.82, 2.24) is 0 Å². The molecule has 1 N–H and O–H groups in total. The number of carbonyl (C=O) groups is 1. The number of hydrogen-bond donors (Lipinski definition) is 1. The summed E-state index contributed by atoms with van der Waals surface area (Å²) in [4.78, 5) is 12.1. The summed E-state index contributed by atoms with van der Waals surface area (Å²) in [5.74, 6) is -0.360. The summed E-state index contributed by atoms with van der Waals surface area (Å²) >= 11 is 1.32. The lowest BCUT2D eigenvalue weighted by Crippen LogP contribution is -2.09. The van der Waals surface area contributed by atoms with Crippen LogP contribution in [0.4, 0.5) is 5.69 Å². The highest BCUT2D eigenvalue weighted by Crippen LogP contribution is 2.28. The van der Waals surface area contributed by atoms with Crippen molar-refractivity contribution in [3.05, 3.63) is 29.1 Å². The van der Waals surface area contributed by atoms with E-state index in [0.29, 0.717) is 17.2 Å². The molecule has 0 aliphatic heterocycles. The number of fused-ring (bicyclic) bond motifs is 1. The Balaban J connectivity index is 2.36. The first kappa shape index (κ1) is 13.8. The van der Waals surface area contributed by atoms with Gasteiger partial charge in [0.1, 0.15) is 4.88 Å². The van der Waals surface area contributed by atoms with Gasteiger partial charge in [-0.25, -0.2) is 13.2 Å². The number of nitrogens with one attached hydrogen (secondary N) is 1. The fourth-order valence-corrected chi connectivity index (χ4v) is 3.12. The third-order valence-electron chi connectivity index (χ3n) is 2.30. The van der Waals surface area contributed by atoms with Crippen LogP contribution in [0.5, 0.6) is 0 Å². The zero-order valence-corrected chi connectivity index (χ0v) is 12.1. The molecule has 5 nitrogen and oxygen atoms in total. The summed E-state index contributed by atoms with van der Waals surface area (Å²) in [6.45, 7) is 2.08. The van der Waals surface area contributed by atoms with Gasteiger partial charge in [0.05, 0.1) is 12.9 Å². The van der Waals surface area contributed by atoms with Gasteiger partial charge in [0, 0.05) is 10.4 Å². The molecule has 0 saturated heterocycles. The summed E-state index contributed by atoms with van der Waals surface area (Å²) in [5.41, 5.74) is 0.475. The maximum Gasteiger partial charge on any atom is 0.348 e. The molecule has 7 heteroatoms. The Morgan fingerprint density at radius 3 is 2.74 bits per heavy atom. The normalized spacial score (nSPS) is 11.5. The topological polar surface area (TPSA) is 72.5 Å². The lowest BCUT2D eigenvalue weighted by atomic mass is 10.2. The van der Waals surface area contributed by atoms with Gasteiger partial charge >= 0.3 is 5.97 Å². The van der Waals surface area contributed by atoms with Gasteiger partial charge in [0.15, 0.2) is 0 Å². The third kappa shape index (κ3) is 3.45. The predicted molar refractivity (Wildman–Crippen MR) is 76.2 cm³/mol. The van der Waals surface area contributed by atoms with Gasteiger partial charge in [0.25, 0.3) is 0 Å². The molecule has 0 unspecified atom stereocenters. The molecule has 0 atom stereocenters. The number of hydrogen-bond acceptors (Lipinski definition) is 5. The first-order chi connectivity index (χ1) is 8.89. The summed E-state index contributed by atoms with van der Waals surface area (Å²) in [6, 6.07) is 6.83. The maximum atomic E-state index is 11.6. The van der Waals surface area contributed by atoms with Crippen molar-refractivity contribution in [2.75, 3.05) is 17.6 Å². The Hall–Kier alpha value is -1.60. The van der Waals surface area contributed by atoms with Crippen LogP contribution in [-0.4, -0.2) is 27.2 Å². The number of carbonyl (C=O) groups excluding carboxylic acids is 1. The van der Waals surface area contributed by atoms with Crippen molar-refractivity contribution in [2.45, 2.75) is 6.92 Å². The highest BCUT2D eigenvalue weighted by Gasteiger charge is 2.12. The fraction of sp³-hybridized carbons (Fsp3) is 0.250. The molecule has 102 valence electrons. The van der Waals surface area contributed by atoms with Crippen LogP contribution in [-0.2, 0) is 14.8 Å². The standard InChI is InChI=1S/C12H13NO4S2/c1-3-17-12(14)11-7-8-6-9(13-19(2,15)16)4-5-10(8)18-11/h4-7,13H,3H2,1-2H3. The van der Waals surface area contributed by atoms with Crippen LogP contribution in [0.15, 0.2) is 24.3 Å². The Bertz CT molecular complexity index is 718. The number of anilines is 1. The molecular weight excluding hydrogens is 286 g/mol. The van der Waals surface area contributed by atoms with Crippen LogP contribution in [0.25, 0.3) is 10.1 Å². The Kier molecular flexibility index (Phi) is 3.77. The van der Waals surface area contributed by atoms with Crippen molar-refractivity contribution in [3.8, 4) is 0 Å². The molecule has 0 saturated carbocycles. The van der Waals surface area contributed by atoms with Crippen LogP contribution in [0.1, 0.15) is 16.6 Å². The van der Waals surface area contributed by atoms with Crippen LogP contribution >= 0.6 is 11.3 Å². The van der Waals surface area contributed by atoms with E-state index in [9.17, 15) is 13.2 Å². The van der Waals surface area contributed by atoms with Gasteiger partial charge < -0.3 is 4.74 Å². The Labute approximate surface area is 115 Å². The second kappa shape index (κ2) is 5.18. The van der Waals surface area contributed by atoms with Gasteiger partial charge in [-0.1, -0.05) is 0 Å². The van der Waals surface area contributed by atoms with Crippen LogP contribution < -0.4 is 4.72 Å². The SMILES string of the molecule is CCOC(=O)c1cc2cc(NS(C)(=O)=O)ccc2s1. The lowest BCUT2D eigenvalue weighted by Gasteiger charge is -2.02. The summed E-state index contributed by atoms with van der Waals surface area (Å²) in [6.07, 6.45) is 1.09. The fourth-order valence-electron chi connectivity index (χ4n) is 1.62. The van der Waals surface area contributed by atoms with E-state index in [-0.39, 0.29) is 5.97 Å². The van der Waals surface area contributed by atoms with E-state index in [1.54, 1.807) is 31.2 Å². The minimum atomic E-state index is -3.30. The minimum Gasteiger partial charge on any atom is -0.462 e. The van der Waals surface area contributed by atoms with E-state index in [2.05, 4.69) is 4.72 Å². The van der Waals surface area contributed by atoms with E-state index in [0.717, 1.165) is 16.3 Å². The number of ether oxygens (including phenoxy) is 1. The molecule has 2 aromatic rings. The van der Waals surface area contributed by atoms with Crippen LogP contribution in [0.3, 0.4) is 0 Å². The molecule has 1 heterocycles. The molecular formula is C12H13NO4S2. The van der Waals surface area contributed by atoms with Gasteiger partial charge in [-0.05, 0) is 36.6 Å². The van der Waals surface area contributed by atoms with Crippen molar-refractivity contribution >= 4 is 43.1 Å². The predicted octanol–water partition coefficient (Wildman–Crippen LogP) is 2.45. The van der Waals surface area contributed by atoms with Crippen molar-refractivity contribution < 1.29 is 17.9 Å². The van der Waals surface area contributed by atoms with Gasteiger partial charge in [-0.2, -0.15) is 0 Å². The zero-order chi connectivity index (χ0) is 14.0. The van der Waals surface area contributed by atoms with Crippen LogP contribution in [0, 0.1) is 0 Å². The molecule has 19 heavy (non-hydrogen) atoms. The van der Waals surface area contributed by atoms with E-state index < -0.39 is 10.0 Å². The Morgan fingerprint density at radius 1 is 1.37 bits per heavy atom. The highest BCUT2D eigenvalue weighted by atomic mass is 32.2. The maximum absolute atomic E-state index is 11.6. The molecule has 1 aromatic heterocycles. The number of thiophene rings is 1. The number of esters is 1.